The predicted octanol–water partition coefficient (Wildman–Crippen LogP) is 2.85. The van der Waals surface area contributed by atoms with Gasteiger partial charge in [0, 0.05) is 27.2 Å². The molecule has 0 spiro atoms. The molecule has 0 radical (unpaired) electrons. The van der Waals surface area contributed by atoms with Crippen LogP contribution >= 0.6 is 0 Å². The molecular formula is C18H22N4O2S. The van der Waals surface area contributed by atoms with Gasteiger partial charge >= 0.3 is 0 Å². The summed E-state index contributed by atoms with van der Waals surface area (Å²) >= 11 is 0. The summed E-state index contributed by atoms with van der Waals surface area (Å²) in [5, 5.41) is 15.3. The van der Waals surface area contributed by atoms with E-state index in [2.05, 4.69) is 16.7 Å². The summed E-state index contributed by atoms with van der Waals surface area (Å²) in [5.41, 5.74) is 3.17. The van der Waals surface area contributed by atoms with Crippen LogP contribution in [0.1, 0.15) is 18.1 Å². The zero-order valence-corrected chi connectivity index (χ0v) is 15.4. The Balaban J connectivity index is 2.28. The smallest absolute Gasteiger partial charge is 0.242 e. The molecule has 0 amide bonds. The number of rotatable bonds is 7. The number of hydrogen-bond donors (Lipinski definition) is 2. The quantitative estimate of drug-likeness (QED) is 0.795. The third-order valence-electron chi connectivity index (χ3n) is 3.70. The van der Waals surface area contributed by atoms with Gasteiger partial charge in [-0.25, -0.2) is 12.7 Å². The van der Waals surface area contributed by atoms with E-state index in [1.165, 1.54) is 18.4 Å². The van der Waals surface area contributed by atoms with Crippen LogP contribution in [0.4, 0.5) is 11.4 Å². The van der Waals surface area contributed by atoms with Crippen LogP contribution in [-0.2, 0) is 16.6 Å². The first-order chi connectivity index (χ1) is 11.9. The van der Waals surface area contributed by atoms with E-state index in [0.29, 0.717) is 17.8 Å². The summed E-state index contributed by atoms with van der Waals surface area (Å²) in [5.74, 6) is 0. The van der Waals surface area contributed by atoms with Crippen LogP contribution in [0.3, 0.4) is 0 Å². The van der Waals surface area contributed by atoms with Gasteiger partial charge in [-0.1, -0.05) is 12.1 Å². The molecule has 0 saturated carbocycles. The highest BCUT2D eigenvalue weighted by Crippen LogP contribution is 2.27. The molecule has 0 aromatic heterocycles. The first-order valence-corrected chi connectivity index (χ1v) is 9.36. The van der Waals surface area contributed by atoms with Crippen molar-refractivity contribution < 1.29 is 8.42 Å². The molecule has 25 heavy (non-hydrogen) atoms. The molecule has 0 unspecified atom stereocenters. The molecule has 2 aromatic carbocycles. The normalized spacial score (nSPS) is 11.2. The van der Waals surface area contributed by atoms with E-state index in [-0.39, 0.29) is 4.90 Å². The summed E-state index contributed by atoms with van der Waals surface area (Å²) in [4.78, 5) is 0.237. The average molecular weight is 358 g/mol. The fourth-order valence-electron chi connectivity index (χ4n) is 2.28. The van der Waals surface area contributed by atoms with Gasteiger partial charge < -0.3 is 10.6 Å². The van der Waals surface area contributed by atoms with Crippen molar-refractivity contribution >= 4 is 21.4 Å². The highest BCUT2D eigenvalue weighted by molar-refractivity contribution is 7.89. The third kappa shape index (κ3) is 4.50. The van der Waals surface area contributed by atoms with Crippen LogP contribution in [0.15, 0.2) is 47.4 Å². The molecule has 6 nitrogen and oxygen atoms in total. The minimum absolute atomic E-state index is 0.237. The molecule has 2 rings (SSSR count). The Bertz CT molecular complexity index is 869. The minimum atomic E-state index is -3.49. The van der Waals surface area contributed by atoms with Crippen LogP contribution in [-0.4, -0.2) is 33.4 Å². The lowest BCUT2D eigenvalue weighted by atomic mass is 10.1. The summed E-state index contributed by atoms with van der Waals surface area (Å²) in [6.07, 6.45) is 0. The second-order valence-corrected chi connectivity index (χ2v) is 7.84. The topological polar surface area (TPSA) is 85.2 Å². The van der Waals surface area contributed by atoms with Crippen LogP contribution in [0.2, 0.25) is 0 Å². The zero-order valence-electron chi connectivity index (χ0n) is 14.6. The molecule has 0 aliphatic carbocycles. The number of nitrogens with zero attached hydrogens (tertiary/aromatic N) is 2. The third-order valence-corrected chi connectivity index (χ3v) is 5.51. The number of sulfonamides is 1. The van der Waals surface area contributed by atoms with Gasteiger partial charge in [-0.2, -0.15) is 5.26 Å². The van der Waals surface area contributed by atoms with Crippen molar-refractivity contribution in [3.8, 4) is 6.07 Å². The van der Waals surface area contributed by atoms with Gasteiger partial charge in [0.05, 0.1) is 27.9 Å². The highest BCUT2D eigenvalue weighted by Gasteiger charge is 2.18. The van der Waals surface area contributed by atoms with E-state index >= 15 is 0 Å². The van der Waals surface area contributed by atoms with Gasteiger partial charge in [-0.15, -0.1) is 0 Å². The Morgan fingerprint density at radius 1 is 1.04 bits per heavy atom. The standard InChI is InChI=1S/C18H22N4O2S/c1-4-20-17-10-9-16(25(23,24)22(2)3)11-18(17)21-13-15-7-5-14(12-19)6-8-15/h5-11,20-21H,4,13H2,1-3H3. The number of nitrogens with one attached hydrogen (secondary N) is 2. The monoisotopic (exact) mass is 358 g/mol. The zero-order chi connectivity index (χ0) is 18.4. The average Bonchev–Trinajstić information content (AvgIpc) is 2.61. The van der Waals surface area contributed by atoms with Crippen molar-refractivity contribution in [1.29, 1.82) is 5.26 Å². The van der Waals surface area contributed by atoms with Crippen molar-refractivity contribution in [2.24, 2.45) is 0 Å². The Kier molecular flexibility index (Phi) is 6.02. The molecule has 2 aromatic rings. The molecule has 0 atom stereocenters. The minimum Gasteiger partial charge on any atom is -0.384 e. The molecule has 7 heteroatoms. The summed E-state index contributed by atoms with van der Waals surface area (Å²) in [6, 6.07) is 14.4. The largest absolute Gasteiger partial charge is 0.384 e. The molecule has 132 valence electrons. The maximum absolute atomic E-state index is 12.3. The number of benzene rings is 2. The Morgan fingerprint density at radius 2 is 1.72 bits per heavy atom. The molecule has 0 aliphatic heterocycles. The van der Waals surface area contributed by atoms with Gasteiger partial charge in [0.2, 0.25) is 10.0 Å². The predicted molar refractivity (Wildman–Crippen MR) is 100.0 cm³/mol. The number of nitriles is 1. The maximum atomic E-state index is 12.3. The Hall–Kier alpha value is -2.56. The van der Waals surface area contributed by atoms with Gasteiger partial charge in [-0.3, -0.25) is 0 Å². The van der Waals surface area contributed by atoms with Crippen LogP contribution in [0.5, 0.6) is 0 Å². The van der Waals surface area contributed by atoms with E-state index < -0.39 is 10.0 Å². The van der Waals surface area contributed by atoms with Gasteiger partial charge in [0.15, 0.2) is 0 Å². The lowest BCUT2D eigenvalue weighted by molar-refractivity contribution is 0.521. The SMILES string of the molecule is CCNc1ccc(S(=O)(=O)N(C)C)cc1NCc1ccc(C#N)cc1. The number of hydrogen-bond acceptors (Lipinski definition) is 5. The van der Waals surface area contributed by atoms with E-state index in [0.717, 1.165) is 17.8 Å². The van der Waals surface area contributed by atoms with Gasteiger partial charge in [0.25, 0.3) is 0 Å². The first kappa shape index (κ1) is 18.8. The van der Waals surface area contributed by atoms with E-state index in [1.807, 2.05) is 19.1 Å². The molecule has 0 heterocycles. The van der Waals surface area contributed by atoms with E-state index in [4.69, 9.17) is 5.26 Å². The Morgan fingerprint density at radius 3 is 2.28 bits per heavy atom. The van der Waals surface area contributed by atoms with Crippen molar-refractivity contribution in [2.45, 2.75) is 18.4 Å². The van der Waals surface area contributed by atoms with Crippen molar-refractivity contribution in [3.05, 3.63) is 53.6 Å². The second-order valence-electron chi connectivity index (χ2n) is 5.69. The first-order valence-electron chi connectivity index (χ1n) is 7.92. The maximum Gasteiger partial charge on any atom is 0.242 e. The summed E-state index contributed by atoms with van der Waals surface area (Å²) in [7, 11) is -0.471. The number of anilines is 2. The van der Waals surface area contributed by atoms with Crippen molar-refractivity contribution in [3.63, 3.8) is 0 Å². The van der Waals surface area contributed by atoms with Crippen LogP contribution in [0, 0.1) is 11.3 Å². The summed E-state index contributed by atoms with van der Waals surface area (Å²) in [6.45, 7) is 3.23. The molecule has 0 fully saturated rings. The van der Waals surface area contributed by atoms with Gasteiger partial charge in [-0.05, 0) is 42.8 Å². The molecule has 0 saturated heterocycles. The fourth-order valence-corrected chi connectivity index (χ4v) is 3.21. The molecule has 2 N–H and O–H groups in total. The molecular weight excluding hydrogens is 336 g/mol. The second kappa shape index (κ2) is 8.01. The van der Waals surface area contributed by atoms with Crippen LogP contribution in [0.25, 0.3) is 0 Å². The van der Waals surface area contributed by atoms with Crippen molar-refractivity contribution in [2.75, 3.05) is 31.3 Å². The lowest BCUT2D eigenvalue weighted by Gasteiger charge is -2.17. The highest BCUT2D eigenvalue weighted by atomic mass is 32.2. The van der Waals surface area contributed by atoms with Gasteiger partial charge in [0.1, 0.15) is 0 Å². The molecule has 0 bridgehead atoms. The molecule has 0 aliphatic rings. The van der Waals surface area contributed by atoms with E-state index in [9.17, 15) is 8.42 Å². The summed E-state index contributed by atoms with van der Waals surface area (Å²) < 4.78 is 25.9. The van der Waals surface area contributed by atoms with E-state index in [1.54, 1.807) is 30.3 Å². The van der Waals surface area contributed by atoms with Crippen molar-refractivity contribution in [1.82, 2.24) is 4.31 Å². The van der Waals surface area contributed by atoms with Crippen LogP contribution < -0.4 is 10.6 Å². The fraction of sp³-hybridized carbons (Fsp3) is 0.278. The Labute approximate surface area is 149 Å². The lowest BCUT2D eigenvalue weighted by Crippen LogP contribution is -2.22.